The van der Waals surface area contributed by atoms with E-state index in [1.807, 2.05) is 0 Å². The van der Waals surface area contributed by atoms with E-state index in [1.54, 1.807) is 0 Å². The van der Waals surface area contributed by atoms with Gasteiger partial charge in [-0.2, -0.15) is 12.6 Å². The summed E-state index contributed by atoms with van der Waals surface area (Å²) in [5, 5.41) is 4.96. The summed E-state index contributed by atoms with van der Waals surface area (Å²) in [6, 6.07) is 47.7. The lowest BCUT2D eigenvalue weighted by molar-refractivity contribution is 1.29. The summed E-state index contributed by atoms with van der Waals surface area (Å²) >= 11 is 4.47. The van der Waals surface area contributed by atoms with Gasteiger partial charge in [-0.3, -0.25) is 0 Å². The number of para-hydroxylation sites is 1. The lowest BCUT2D eigenvalue weighted by atomic mass is 9.90. The second-order valence-corrected chi connectivity index (χ2v) is 8.99. The molecule has 35 heavy (non-hydrogen) atoms. The van der Waals surface area contributed by atoms with E-state index in [1.165, 1.54) is 43.9 Å². The molecule has 0 heterocycles. The van der Waals surface area contributed by atoms with Crippen LogP contribution in [0.1, 0.15) is 5.56 Å². The minimum absolute atomic E-state index is 0.725. The number of anilines is 3. The van der Waals surface area contributed by atoms with E-state index in [0.29, 0.717) is 0 Å². The van der Waals surface area contributed by atoms with E-state index in [4.69, 9.17) is 0 Å². The van der Waals surface area contributed by atoms with Crippen molar-refractivity contribution in [2.24, 2.45) is 0 Å². The Morgan fingerprint density at radius 2 is 0.914 bits per heavy atom. The van der Waals surface area contributed by atoms with Crippen molar-refractivity contribution in [2.45, 2.75) is 5.75 Å². The number of nitrogens with zero attached hydrogens (tertiary/aromatic N) is 1. The number of hydrogen-bond donors (Lipinski definition) is 1. The zero-order chi connectivity index (χ0) is 23.6. The summed E-state index contributed by atoms with van der Waals surface area (Å²) in [5.41, 5.74) is 7.17. The first kappa shape index (κ1) is 21.5. The standard InChI is InChI=1S/C33H25NS/c35-23-24-19-21-27(22-20-24)34(26-13-5-2-6-14-26)33-30-17-9-7-15-28(30)32(25-11-3-1-4-12-25)29-16-8-10-18-31(29)33/h1-22,35H,23H2. The van der Waals surface area contributed by atoms with Crippen molar-refractivity contribution in [2.75, 3.05) is 4.90 Å². The van der Waals surface area contributed by atoms with E-state index in [-0.39, 0.29) is 0 Å². The third-order valence-corrected chi connectivity index (χ3v) is 6.95. The molecule has 0 atom stereocenters. The average molecular weight is 468 g/mol. The van der Waals surface area contributed by atoms with Gasteiger partial charge in [0.2, 0.25) is 0 Å². The normalized spacial score (nSPS) is 11.1. The van der Waals surface area contributed by atoms with Crippen LogP contribution >= 0.6 is 12.6 Å². The highest BCUT2D eigenvalue weighted by atomic mass is 32.1. The SMILES string of the molecule is SCc1ccc(N(c2ccccc2)c2c3ccccc3c(-c3ccccc3)c3ccccc23)cc1. The zero-order valence-electron chi connectivity index (χ0n) is 19.3. The van der Waals surface area contributed by atoms with Crippen LogP contribution < -0.4 is 4.90 Å². The molecule has 0 saturated carbocycles. The molecule has 0 bridgehead atoms. The van der Waals surface area contributed by atoms with Crippen LogP contribution in [0, 0.1) is 0 Å². The molecule has 6 aromatic carbocycles. The molecule has 6 aromatic rings. The zero-order valence-corrected chi connectivity index (χ0v) is 20.2. The van der Waals surface area contributed by atoms with Gasteiger partial charge in [-0.05, 0) is 51.7 Å². The predicted molar refractivity (Wildman–Crippen MR) is 154 cm³/mol. The Balaban J connectivity index is 1.74. The third kappa shape index (κ3) is 3.86. The van der Waals surface area contributed by atoms with Crippen molar-refractivity contribution < 1.29 is 0 Å². The van der Waals surface area contributed by atoms with Crippen molar-refractivity contribution in [3.8, 4) is 11.1 Å². The number of fused-ring (bicyclic) bond motifs is 2. The quantitative estimate of drug-likeness (QED) is 0.195. The van der Waals surface area contributed by atoms with Gasteiger partial charge in [0.1, 0.15) is 0 Å². The van der Waals surface area contributed by atoms with Gasteiger partial charge >= 0.3 is 0 Å². The molecule has 0 fully saturated rings. The number of thiol groups is 1. The van der Waals surface area contributed by atoms with Gasteiger partial charge in [0.15, 0.2) is 0 Å². The van der Waals surface area contributed by atoms with Gasteiger partial charge in [0.25, 0.3) is 0 Å². The van der Waals surface area contributed by atoms with Crippen molar-refractivity contribution >= 4 is 51.2 Å². The highest BCUT2D eigenvalue weighted by molar-refractivity contribution is 7.79. The Morgan fingerprint density at radius 1 is 0.457 bits per heavy atom. The van der Waals surface area contributed by atoms with Crippen molar-refractivity contribution in [3.63, 3.8) is 0 Å². The first-order valence-corrected chi connectivity index (χ1v) is 12.5. The van der Waals surface area contributed by atoms with Crippen LogP contribution in [0.5, 0.6) is 0 Å². The Morgan fingerprint density at radius 3 is 1.46 bits per heavy atom. The molecule has 0 aliphatic carbocycles. The van der Waals surface area contributed by atoms with Gasteiger partial charge in [0, 0.05) is 27.9 Å². The van der Waals surface area contributed by atoms with E-state index in [9.17, 15) is 0 Å². The first-order valence-electron chi connectivity index (χ1n) is 11.9. The number of hydrogen-bond acceptors (Lipinski definition) is 2. The molecule has 0 aromatic heterocycles. The topological polar surface area (TPSA) is 3.24 Å². The van der Waals surface area contributed by atoms with Crippen molar-refractivity contribution in [3.05, 3.63) is 139 Å². The van der Waals surface area contributed by atoms with Crippen LogP contribution in [-0.2, 0) is 5.75 Å². The fourth-order valence-electron chi connectivity index (χ4n) is 5.00. The van der Waals surface area contributed by atoms with Crippen LogP contribution in [0.25, 0.3) is 32.7 Å². The summed E-state index contributed by atoms with van der Waals surface area (Å²) in [6.45, 7) is 0. The minimum atomic E-state index is 0.725. The van der Waals surface area contributed by atoms with Crippen LogP contribution in [0.4, 0.5) is 17.1 Å². The highest BCUT2D eigenvalue weighted by Gasteiger charge is 2.21. The fraction of sp³-hybridized carbons (Fsp3) is 0.0303. The molecule has 0 unspecified atom stereocenters. The molecule has 0 saturated heterocycles. The van der Waals surface area contributed by atoms with Gasteiger partial charge < -0.3 is 4.90 Å². The molecule has 0 N–H and O–H groups in total. The molecule has 0 amide bonds. The molecule has 0 aliphatic rings. The second kappa shape index (κ2) is 9.32. The fourth-order valence-corrected chi connectivity index (χ4v) is 5.21. The molecular formula is C33H25NS. The van der Waals surface area contributed by atoms with Crippen molar-refractivity contribution in [1.82, 2.24) is 0 Å². The Kier molecular flexibility index (Phi) is 5.73. The second-order valence-electron chi connectivity index (χ2n) is 8.68. The molecular weight excluding hydrogens is 442 g/mol. The summed E-state index contributed by atoms with van der Waals surface area (Å²) in [6.07, 6.45) is 0. The summed E-state index contributed by atoms with van der Waals surface area (Å²) < 4.78 is 0. The minimum Gasteiger partial charge on any atom is -0.309 e. The smallest absolute Gasteiger partial charge is 0.0618 e. The molecule has 168 valence electrons. The summed E-state index contributed by atoms with van der Waals surface area (Å²) in [5.74, 6) is 0.725. The van der Waals surface area contributed by atoms with Crippen molar-refractivity contribution in [1.29, 1.82) is 0 Å². The molecule has 0 radical (unpaired) electrons. The average Bonchev–Trinajstić information content (AvgIpc) is 2.94. The number of benzene rings is 6. The van der Waals surface area contributed by atoms with E-state index in [0.717, 1.165) is 17.1 Å². The van der Waals surface area contributed by atoms with Crippen LogP contribution in [0.15, 0.2) is 133 Å². The Bertz CT molecular complexity index is 1550. The lowest BCUT2D eigenvalue weighted by Crippen LogP contribution is -2.11. The predicted octanol–water partition coefficient (Wildman–Crippen LogP) is 9.56. The largest absolute Gasteiger partial charge is 0.309 e. The molecule has 6 rings (SSSR count). The van der Waals surface area contributed by atoms with E-state index >= 15 is 0 Å². The van der Waals surface area contributed by atoms with Crippen LogP contribution in [0.3, 0.4) is 0 Å². The van der Waals surface area contributed by atoms with Crippen LogP contribution in [-0.4, -0.2) is 0 Å². The molecule has 1 nitrogen and oxygen atoms in total. The Labute approximate surface area is 211 Å². The molecule has 2 heteroatoms. The van der Waals surface area contributed by atoms with Gasteiger partial charge in [-0.25, -0.2) is 0 Å². The lowest BCUT2D eigenvalue weighted by Gasteiger charge is -2.29. The maximum atomic E-state index is 4.47. The highest BCUT2D eigenvalue weighted by Crippen LogP contribution is 2.47. The monoisotopic (exact) mass is 467 g/mol. The maximum absolute atomic E-state index is 4.47. The Hall–Kier alpha value is -4.01. The number of rotatable bonds is 5. The molecule has 0 spiro atoms. The molecule has 0 aliphatic heterocycles. The first-order chi connectivity index (χ1) is 17.3. The van der Waals surface area contributed by atoms with Gasteiger partial charge in [0.05, 0.1) is 5.69 Å². The van der Waals surface area contributed by atoms with E-state index in [2.05, 4.69) is 151 Å². The maximum Gasteiger partial charge on any atom is 0.0618 e. The van der Waals surface area contributed by atoms with Crippen LogP contribution in [0.2, 0.25) is 0 Å². The third-order valence-electron chi connectivity index (χ3n) is 6.58. The summed E-state index contributed by atoms with van der Waals surface area (Å²) in [4.78, 5) is 2.39. The summed E-state index contributed by atoms with van der Waals surface area (Å²) in [7, 11) is 0. The van der Waals surface area contributed by atoms with Gasteiger partial charge in [-0.15, -0.1) is 0 Å². The van der Waals surface area contributed by atoms with E-state index < -0.39 is 0 Å². The van der Waals surface area contributed by atoms with Gasteiger partial charge in [-0.1, -0.05) is 109 Å².